The van der Waals surface area contributed by atoms with Gasteiger partial charge in [0.05, 0.1) is 0 Å². The molecule has 0 heterocycles. The van der Waals surface area contributed by atoms with E-state index in [9.17, 15) is 0 Å². The lowest BCUT2D eigenvalue weighted by Crippen LogP contribution is -2.01. The highest BCUT2D eigenvalue weighted by atomic mass is 32.2. The molecule has 0 amide bonds. The van der Waals surface area contributed by atoms with Crippen LogP contribution in [0.1, 0.15) is 44.2 Å². The first-order valence-corrected chi connectivity index (χ1v) is 8.96. The summed E-state index contributed by atoms with van der Waals surface area (Å²) in [5.74, 6) is 0. The Hall–Kier alpha value is -1.41. The van der Waals surface area contributed by atoms with E-state index in [2.05, 4.69) is 78.1 Å². The van der Waals surface area contributed by atoms with Crippen molar-refractivity contribution in [2.75, 3.05) is 0 Å². The fourth-order valence-electron chi connectivity index (χ4n) is 2.31. The predicted octanol–water partition coefficient (Wildman–Crippen LogP) is 6.61. The molecule has 121 valence electrons. The van der Waals surface area contributed by atoms with Crippen LogP contribution in [0.15, 0.2) is 70.8 Å². The van der Waals surface area contributed by atoms with Crippen LogP contribution in [0.4, 0.5) is 0 Å². The summed E-state index contributed by atoms with van der Waals surface area (Å²) in [6, 6.07) is 8.61. The minimum Gasteiger partial charge on any atom is -0.110 e. The SMILES string of the molecule is C=C(C)CCCC(=C)S/C([B]C(=C)Cc1cccc(C)c1)=C\C. The third-order valence-corrected chi connectivity index (χ3v) is 4.55. The van der Waals surface area contributed by atoms with Gasteiger partial charge in [-0.05, 0) is 56.9 Å². The Morgan fingerprint density at radius 3 is 2.57 bits per heavy atom. The van der Waals surface area contributed by atoms with Crippen LogP contribution in [0.3, 0.4) is 0 Å². The third kappa shape index (κ3) is 8.71. The molecule has 0 aliphatic rings. The molecule has 1 rings (SSSR count). The van der Waals surface area contributed by atoms with E-state index in [0.29, 0.717) is 0 Å². The summed E-state index contributed by atoms with van der Waals surface area (Å²) in [5, 5.41) is 0. The second kappa shape index (κ2) is 10.4. The average molecular weight is 323 g/mol. The van der Waals surface area contributed by atoms with Gasteiger partial charge < -0.3 is 0 Å². The van der Waals surface area contributed by atoms with E-state index >= 15 is 0 Å². The Labute approximate surface area is 147 Å². The van der Waals surface area contributed by atoms with Gasteiger partial charge >= 0.3 is 0 Å². The first kappa shape index (κ1) is 19.6. The van der Waals surface area contributed by atoms with E-state index in [1.54, 1.807) is 11.8 Å². The first-order chi connectivity index (χ1) is 10.9. The van der Waals surface area contributed by atoms with Gasteiger partial charge in [0.1, 0.15) is 0 Å². The lowest BCUT2D eigenvalue weighted by molar-refractivity contribution is 0.830. The highest BCUT2D eigenvalue weighted by Crippen LogP contribution is 2.28. The van der Waals surface area contributed by atoms with Crippen molar-refractivity contribution in [2.24, 2.45) is 0 Å². The number of allylic oxidation sites excluding steroid dienone is 4. The topological polar surface area (TPSA) is 0 Å². The zero-order valence-corrected chi connectivity index (χ0v) is 15.6. The van der Waals surface area contributed by atoms with E-state index in [-0.39, 0.29) is 0 Å². The molecule has 0 bridgehead atoms. The summed E-state index contributed by atoms with van der Waals surface area (Å²) in [5.41, 5.74) is 4.98. The number of rotatable bonds is 10. The zero-order valence-electron chi connectivity index (χ0n) is 14.8. The number of hydrogen-bond donors (Lipinski definition) is 0. The molecule has 1 aromatic carbocycles. The third-order valence-electron chi connectivity index (χ3n) is 3.47. The Morgan fingerprint density at radius 1 is 1.22 bits per heavy atom. The minimum atomic E-state index is 0.891. The zero-order chi connectivity index (χ0) is 17.2. The van der Waals surface area contributed by atoms with Gasteiger partial charge in [-0.1, -0.05) is 52.9 Å². The van der Waals surface area contributed by atoms with Gasteiger partial charge in [0.25, 0.3) is 0 Å². The quantitative estimate of drug-likeness (QED) is 0.345. The second-order valence-corrected chi connectivity index (χ2v) is 7.36. The van der Waals surface area contributed by atoms with Gasteiger partial charge in [0, 0.05) is 0 Å². The molecule has 23 heavy (non-hydrogen) atoms. The van der Waals surface area contributed by atoms with Gasteiger partial charge in [0.2, 0.25) is 0 Å². The van der Waals surface area contributed by atoms with Gasteiger partial charge in [-0.2, -0.15) is 0 Å². The summed E-state index contributed by atoms with van der Waals surface area (Å²) < 4.78 is 0. The van der Waals surface area contributed by atoms with Crippen LogP contribution < -0.4 is 0 Å². The molecule has 2 heteroatoms. The standard InChI is InChI=1S/C21H28BS/c1-7-21(23-19(6)12-8-10-16(2)3)22-18(5)15-20-13-9-11-17(4)14-20/h7,9,11,13-14H,2,5-6,8,10,12,15H2,1,3-4H3/b21-7-. The van der Waals surface area contributed by atoms with E-state index in [1.807, 2.05) is 0 Å². The van der Waals surface area contributed by atoms with E-state index in [1.165, 1.54) is 26.4 Å². The normalized spacial score (nSPS) is 11.2. The molecular weight excluding hydrogens is 295 g/mol. The van der Waals surface area contributed by atoms with Crippen LogP contribution >= 0.6 is 11.8 Å². The minimum absolute atomic E-state index is 0.891. The van der Waals surface area contributed by atoms with Gasteiger partial charge in [-0.25, -0.2) is 0 Å². The molecule has 0 atom stereocenters. The number of aryl methyl sites for hydroxylation is 1. The number of benzene rings is 1. The molecule has 0 aliphatic carbocycles. The molecule has 1 radical (unpaired) electrons. The van der Waals surface area contributed by atoms with Crippen LogP contribution in [0.25, 0.3) is 0 Å². The lowest BCUT2D eigenvalue weighted by Gasteiger charge is -2.11. The average Bonchev–Trinajstić information content (AvgIpc) is 2.46. The molecule has 0 aliphatic heterocycles. The van der Waals surface area contributed by atoms with Crippen LogP contribution in [0.2, 0.25) is 0 Å². The summed E-state index contributed by atoms with van der Waals surface area (Å²) in [6.07, 6.45) is 6.27. The lowest BCUT2D eigenvalue weighted by atomic mass is 9.67. The molecule has 0 saturated carbocycles. The molecule has 0 fully saturated rings. The number of thioether (sulfide) groups is 1. The van der Waals surface area contributed by atoms with Crippen molar-refractivity contribution in [1.29, 1.82) is 0 Å². The summed E-state index contributed by atoms with van der Waals surface area (Å²) in [6.45, 7) is 18.6. The fourth-order valence-corrected chi connectivity index (χ4v) is 3.24. The molecule has 0 aromatic heterocycles. The maximum atomic E-state index is 4.21. The number of hydrogen-bond acceptors (Lipinski definition) is 1. The van der Waals surface area contributed by atoms with Gasteiger partial charge in [-0.3, -0.25) is 0 Å². The van der Waals surface area contributed by atoms with Crippen LogP contribution in [-0.4, -0.2) is 7.28 Å². The smallest absolute Gasteiger partial charge is 0.110 e. The second-order valence-electron chi connectivity index (χ2n) is 6.11. The molecule has 1 aromatic rings. The van der Waals surface area contributed by atoms with Crippen molar-refractivity contribution in [2.45, 2.75) is 46.5 Å². The van der Waals surface area contributed by atoms with E-state index in [4.69, 9.17) is 0 Å². The molecular formula is C21H28BS. The van der Waals surface area contributed by atoms with Crippen molar-refractivity contribution < 1.29 is 0 Å². The molecule has 0 nitrogen and oxygen atoms in total. The maximum absolute atomic E-state index is 4.21. The van der Waals surface area contributed by atoms with Crippen LogP contribution in [0.5, 0.6) is 0 Å². The Morgan fingerprint density at radius 2 is 1.96 bits per heavy atom. The van der Waals surface area contributed by atoms with E-state index in [0.717, 1.165) is 31.2 Å². The van der Waals surface area contributed by atoms with Crippen LogP contribution in [-0.2, 0) is 6.42 Å². The first-order valence-electron chi connectivity index (χ1n) is 8.15. The molecule has 0 unspecified atom stereocenters. The maximum Gasteiger partial charge on any atom is 0.194 e. The van der Waals surface area contributed by atoms with Crippen molar-refractivity contribution in [1.82, 2.24) is 0 Å². The molecule has 0 spiro atoms. The highest BCUT2D eigenvalue weighted by molar-refractivity contribution is 8.08. The summed E-state index contributed by atoms with van der Waals surface area (Å²) in [4.78, 5) is 2.43. The predicted molar refractivity (Wildman–Crippen MR) is 109 cm³/mol. The van der Waals surface area contributed by atoms with Gasteiger partial charge in [0.15, 0.2) is 7.28 Å². The van der Waals surface area contributed by atoms with Crippen molar-refractivity contribution in [3.63, 3.8) is 0 Å². The molecule has 0 N–H and O–H groups in total. The molecule has 0 saturated heterocycles. The summed E-state index contributed by atoms with van der Waals surface area (Å²) in [7, 11) is 2.18. The Kier molecular flexibility index (Phi) is 8.87. The van der Waals surface area contributed by atoms with Gasteiger partial charge in [-0.15, -0.1) is 30.4 Å². The Bertz CT molecular complexity index is 596. The van der Waals surface area contributed by atoms with Crippen molar-refractivity contribution in [3.05, 3.63) is 82.0 Å². The Balaban J connectivity index is 2.45. The van der Waals surface area contributed by atoms with E-state index < -0.39 is 0 Å². The van der Waals surface area contributed by atoms with Crippen LogP contribution in [0, 0.1) is 6.92 Å². The van der Waals surface area contributed by atoms with Crippen molar-refractivity contribution >= 4 is 19.0 Å². The summed E-state index contributed by atoms with van der Waals surface area (Å²) >= 11 is 1.76. The monoisotopic (exact) mass is 323 g/mol. The largest absolute Gasteiger partial charge is 0.194 e. The highest BCUT2D eigenvalue weighted by Gasteiger charge is 2.07. The fraction of sp³-hybridized carbons (Fsp3) is 0.333. The van der Waals surface area contributed by atoms with Crippen molar-refractivity contribution in [3.8, 4) is 0 Å².